The molecule has 2 aromatic carbocycles. The Bertz CT molecular complexity index is 767. The number of rotatable bonds is 8. The van der Waals surface area contributed by atoms with E-state index in [1.807, 2.05) is 24.3 Å². The number of halogens is 2. The number of piperidine rings is 1. The van der Waals surface area contributed by atoms with Crippen LogP contribution in [0.1, 0.15) is 25.3 Å². The molecule has 0 aliphatic carbocycles. The Kier molecular flexibility index (Phi) is 10.9. The van der Waals surface area contributed by atoms with E-state index in [1.165, 1.54) is 11.6 Å². The summed E-state index contributed by atoms with van der Waals surface area (Å²) in [6, 6.07) is 17.4. The first-order valence-corrected chi connectivity index (χ1v) is 10.4. The van der Waals surface area contributed by atoms with Crippen molar-refractivity contribution < 1.29 is 9.13 Å². The molecule has 1 aliphatic heterocycles. The van der Waals surface area contributed by atoms with Crippen molar-refractivity contribution in [1.29, 1.82) is 0 Å². The van der Waals surface area contributed by atoms with E-state index < -0.39 is 0 Å². The highest BCUT2D eigenvalue weighted by Crippen LogP contribution is 2.20. The van der Waals surface area contributed by atoms with Crippen LogP contribution < -0.4 is 15.5 Å². The summed E-state index contributed by atoms with van der Waals surface area (Å²) in [4.78, 5) is 6.87. The largest absolute Gasteiger partial charge is 0.375 e. The van der Waals surface area contributed by atoms with Gasteiger partial charge in [-0.2, -0.15) is 0 Å². The van der Waals surface area contributed by atoms with Gasteiger partial charge in [0.2, 0.25) is 0 Å². The van der Waals surface area contributed by atoms with E-state index in [1.54, 1.807) is 12.1 Å². The molecule has 0 amide bonds. The van der Waals surface area contributed by atoms with Gasteiger partial charge >= 0.3 is 0 Å². The van der Waals surface area contributed by atoms with E-state index in [4.69, 9.17) is 4.74 Å². The first kappa shape index (κ1) is 24.4. The lowest BCUT2D eigenvalue weighted by Crippen LogP contribution is -2.48. The van der Waals surface area contributed by atoms with Gasteiger partial charge in [-0.3, -0.25) is 4.99 Å². The molecule has 0 saturated carbocycles. The van der Waals surface area contributed by atoms with Crippen molar-refractivity contribution in [3.8, 4) is 0 Å². The zero-order valence-corrected chi connectivity index (χ0v) is 19.8. The van der Waals surface area contributed by atoms with E-state index in [-0.39, 0.29) is 29.8 Å². The van der Waals surface area contributed by atoms with Gasteiger partial charge < -0.3 is 20.3 Å². The maximum Gasteiger partial charge on any atom is 0.191 e. The maximum atomic E-state index is 13.5. The summed E-state index contributed by atoms with van der Waals surface area (Å²) >= 11 is 0. The van der Waals surface area contributed by atoms with Gasteiger partial charge in [0.15, 0.2) is 5.96 Å². The number of hydrogen-bond donors (Lipinski definition) is 2. The molecule has 0 aromatic heterocycles. The van der Waals surface area contributed by atoms with E-state index in [2.05, 4.69) is 39.6 Å². The van der Waals surface area contributed by atoms with Crippen molar-refractivity contribution in [3.63, 3.8) is 0 Å². The number of nitrogens with one attached hydrogen (secondary N) is 2. The number of guanidine groups is 1. The second kappa shape index (κ2) is 13.4. The Morgan fingerprint density at radius 1 is 1.13 bits per heavy atom. The summed E-state index contributed by atoms with van der Waals surface area (Å²) in [5.41, 5.74) is 2.13. The van der Waals surface area contributed by atoms with E-state index >= 15 is 0 Å². The summed E-state index contributed by atoms with van der Waals surface area (Å²) < 4.78 is 19.2. The van der Waals surface area contributed by atoms with Crippen LogP contribution in [0.25, 0.3) is 0 Å². The van der Waals surface area contributed by atoms with E-state index in [0.717, 1.165) is 44.1 Å². The minimum atomic E-state index is -0.182. The van der Waals surface area contributed by atoms with Gasteiger partial charge in [0, 0.05) is 31.4 Å². The van der Waals surface area contributed by atoms with Gasteiger partial charge in [0.05, 0.1) is 19.8 Å². The van der Waals surface area contributed by atoms with Gasteiger partial charge in [-0.05, 0) is 43.5 Å². The minimum Gasteiger partial charge on any atom is -0.375 e. The van der Waals surface area contributed by atoms with Crippen molar-refractivity contribution >= 4 is 35.6 Å². The summed E-state index contributed by atoms with van der Waals surface area (Å²) in [5.74, 6) is 0.652. The second-order valence-corrected chi connectivity index (χ2v) is 7.18. The molecule has 5 nitrogen and oxygen atoms in total. The number of nitrogens with zero attached hydrogens (tertiary/aromatic N) is 2. The fourth-order valence-corrected chi connectivity index (χ4v) is 3.45. The molecule has 1 saturated heterocycles. The second-order valence-electron chi connectivity index (χ2n) is 7.18. The number of aliphatic imine (C=N–C) groups is 1. The van der Waals surface area contributed by atoms with Crippen molar-refractivity contribution in [2.45, 2.75) is 32.4 Å². The average molecular weight is 526 g/mol. The van der Waals surface area contributed by atoms with Gasteiger partial charge in [0.1, 0.15) is 5.82 Å². The molecule has 0 atom stereocenters. The molecule has 164 valence electrons. The number of hydrogen-bond acceptors (Lipinski definition) is 3. The molecular formula is C23H32FIN4O. The van der Waals surface area contributed by atoms with Crippen LogP contribution in [-0.4, -0.2) is 44.8 Å². The zero-order chi connectivity index (χ0) is 20.3. The van der Waals surface area contributed by atoms with Crippen LogP contribution in [-0.2, 0) is 11.3 Å². The predicted octanol–water partition coefficient (Wildman–Crippen LogP) is 4.18. The highest BCUT2D eigenvalue weighted by Gasteiger charge is 2.20. The highest BCUT2D eigenvalue weighted by molar-refractivity contribution is 14.0. The molecule has 1 heterocycles. The van der Waals surface area contributed by atoms with Gasteiger partial charge in [-0.15, -0.1) is 24.0 Å². The smallest absolute Gasteiger partial charge is 0.191 e. The first-order valence-electron chi connectivity index (χ1n) is 10.4. The first-order chi connectivity index (χ1) is 14.2. The van der Waals surface area contributed by atoms with Crippen LogP contribution in [0, 0.1) is 5.82 Å². The monoisotopic (exact) mass is 526 g/mol. The minimum absolute atomic E-state index is 0. The summed E-state index contributed by atoms with van der Waals surface area (Å²) in [7, 11) is 0. The average Bonchev–Trinajstić information content (AvgIpc) is 2.75. The third-order valence-corrected chi connectivity index (χ3v) is 4.97. The predicted molar refractivity (Wildman–Crippen MR) is 132 cm³/mol. The highest BCUT2D eigenvalue weighted by atomic mass is 127. The Morgan fingerprint density at radius 3 is 2.60 bits per heavy atom. The lowest BCUT2D eigenvalue weighted by atomic mass is 10.0. The quantitative estimate of drug-likeness (QED) is 0.235. The van der Waals surface area contributed by atoms with Gasteiger partial charge in [-0.25, -0.2) is 4.39 Å². The van der Waals surface area contributed by atoms with Crippen LogP contribution in [0.3, 0.4) is 0 Å². The molecule has 30 heavy (non-hydrogen) atoms. The fraction of sp³-hybridized carbons (Fsp3) is 0.435. The molecule has 0 spiro atoms. The molecular weight excluding hydrogens is 494 g/mol. The standard InChI is InChI=1S/C23H31FN4O.HI/c1-2-25-23(26-13-16-29-18-19-7-4-3-5-8-19)27-21-11-14-28(15-12-21)22-10-6-9-20(24)17-22;/h3-10,17,21H,2,11-16,18H2,1H3,(H2,25,26,27);1H. The van der Waals surface area contributed by atoms with E-state index in [0.29, 0.717) is 25.8 Å². The summed E-state index contributed by atoms with van der Waals surface area (Å²) in [6.45, 7) is 6.50. The van der Waals surface area contributed by atoms with Crippen LogP contribution >= 0.6 is 24.0 Å². The van der Waals surface area contributed by atoms with Crippen molar-refractivity contribution in [3.05, 3.63) is 66.0 Å². The van der Waals surface area contributed by atoms with Crippen molar-refractivity contribution in [2.75, 3.05) is 37.7 Å². The lowest BCUT2D eigenvalue weighted by Gasteiger charge is -2.34. The van der Waals surface area contributed by atoms with Gasteiger partial charge in [-0.1, -0.05) is 36.4 Å². The third-order valence-electron chi connectivity index (χ3n) is 4.97. The van der Waals surface area contributed by atoms with Crippen LogP contribution in [0.15, 0.2) is 59.6 Å². The fourth-order valence-electron chi connectivity index (χ4n) is 3.45. The summed E-state index contributed by atoms with van der Waals surface area (Å²) in [6.07, 6.45) is 1.98. The normalized spacial score (nSPS) is 14.9. The molecule has 2 N–H and O–H groups in total. The SMILES string of the molecule is CCNC(=NCCOCc1ccccc1)NC1CCN(c2cccc(F)c2)CC1.I. The zero-order valence-electron chi connectivity index (χ0n) is 17.5. The molecule has 1 fully saturated rings. The molecule has 0 unspecified atom stereocenters. The topological polar surface area (TPSA) is 48.9 Å². The van der Waals surface area contributed by atoms with E-state index in [9.17, 15) is 4.39 Å². The number of anilines is 1. The Labute approximate surface area is 196 Å². The Morgan fingerprint density at radius 2 is 1.90 bits per heavy atom. The summed E-state index contributed by atoms with van der Waals surface area (Å²) in [5, 5.41) is 6.84. The van der Waals surface area contributed by atoms with Crippen molar-refractivity contribution in [1.82, 2.24) is 10.6 Å². The van der Waals surface area contributed by atoms with Crippen LogP contribution in [0.2, 0.25) is 0 Å². The third kappa shape index (κ3) is 8.10. The number of benzene rings is 2. The van der Waals surface area contributed by atoms with Crippen molar-refractivity contribution in [2.24, 2.45) is 4.99 Å². The Hall–Kier alpha value is -1.87. The molecule has 2 aromatic rings. The molecule has 7 heteroatoms. The van der Waals surface area contributed by atoms with Gasteiger partial charge in [0.25, 0.3) is 0 Å². The Balaban J connectivity index is 0.00000320. The lowest BCUT2D eigenvalue weighted by molar-refractivity contribution is 0.128. The molecule has 3 rings (SSSR count). The van der Waals surface area contributed by atoms with Crippen LogP contribution in [0.4, 0.5) is 10.1 Å². The maximum absolute atomic E-state index is 13.5. The molecule has 1 aliphatic rings. The van der Waals surface area contributed by atoms with Crippen LogP contribution in [0.5, 0.6) is 0 Å². The molecule has 0 radical (unpaired) electrons. The molecule has 0 bridgehead atoms. The number of ether oxygens (including phenoxy) is 1.